The van der Waals surface area contributed by atoms with Crippen molar-refractivity contribution in [2.24, 2.45) is 11.0 Å². The second-order valence-corrected chi connectivity index (χ2v) is 13.8. The Morgan fingerprint density at radius 1 is 0.951 bits per heavy atom. The molecular formula is C28H32BrN3O7S2. The molecule has 0 aliphatic heterocycles. The lowest BCUT2D eigenvalue weighted by atomic mass is 10.0. The summed E-state index contributed by atoms with van der Waals surface area (Å²) < 4.78 is 64.8. The van der Waals surface area contributed by atoms with E-state index in [0.717, 1.165) is 11.1 Å². The molecule has 0 unspecified atom stereocenters. The summed E-state index contributed by atoms with van der Waals surface area (Å²) in [6.07, 6.45) is 1.55. The molecule has 0 bridgehead atoms. The molecule has 0 saturated heterocycles. The van der Waals surface area contributed by atoms with Gasteiger partial charge in [0.2, 0.25) is 10.0 Å². The average Bonchev–Trinajstić information content (AvgIpc) is 2.89. The van der Waals surface area contributed by atoms with Gasteiger partial charge in [-0.05, 0) is 84.1 Å². The van der Waals surface area contributed by atoms with Crippen molar-refractivity contribution >= 4 is 48.2 Å². The SMILES string of the molecule is COc1cc(/C=N\NC(=O)[C@H](CC(C)C)NS(=O)(=O)c2ccc(C)cc2)cc(Br)c1OS(=O)(=O)c1ccc(C)cc1. The zero-order chi connectivity index (χ0) is 30.4. The van der Waals surface area contributed by atoms with Crippen LogP contribution in [0.15, 0.2) is 80.0 Å². The van der Waals surface area contributed by atoms with Gasteiger partial charge in [-0.25, -0.2) is 13.8 Å². The Labute approximate surface area is 249 Å². The van der Waals surface area contributed by atoms with E-state index < -0.39 is 32.1 Å². The minimum atomic E-state index is -4.14. The first-order valence-electron chi connectivity index (χ1n) is 12.5. The first-order valence-corrected chi connectivity index (χ1v) is 16.2. The fourth-order valence-corrected chi connectivity index (χ4v) is 6.47. The summed E-state index contributed by atoms with van der Waals surface area (Å²) in [6.45, 7) is 7.43. The van der Waals surface area contributed by atoms with Gasteiger partial charge in [-0.3, -0.25) is 4.79 Å². The van der Waals surface area contributed by atoms with Crippen molar-refractivity contribution in [1.29, 1.82) is 0 Å². The molecule has 220 valence electrons. The fourth-order valence-electron chi connectivity index (χ4n) is 3.66. The predicted molar refractivity (Wildman–Crippen MR) is 160 cm³/mol. The summed E-state index contributed by atoms with van der Waals surface area (Å²) >= 11 is 3.31. The Hall–Kier alpha value is -3.26. The first kappa shape index (κ1) is 32.3. The number of benzene rings is 3. The highest BCUT2D eigenvalue weighted by Gasteiger charge is 2.27. The Balaban J connectivity index is 1.76. The lowest BCUT2D eigenvalue weighted by Crippen LogP contribution is -2.46. The number of sulfonamides is 1. The Morgan fingerprint density at radius 2 is 1.51 bits per heavy atom. The largest absolute Gasteiger partial charge is 0.493 e. The molecule has 0 aliphatic carbocycles. The minimum absolute atomic E-state index is 0.0133. The van der Waals surface area contributed by atoms with E-state index in [1.54, 1.807) is 24.3 Å². The number of nitrogens with one attached hydrogen (secondary N) is 2. The van der Waals surface area contributed by atoms with E-state index in [4.69, 9.17) is 8.92 Å². The Bertz CT molecular complexity index is 1620. The van der Waals surface area contributed by atoms with Gasteiger partial charge in [-0.1, -0.05) is 49.2 Å². The third kappa shape index (κ3) is 8.86. The van der Waals surface area contributed by atoms with Gasteiger partial charge in [0.15, 0.2) is 11.5 Å². The molecule has 0 aromatic heterocycles. The van der Waals surface area contributed by atoms with Crippen molar-refractivity contribution < 1.29 is 30.6 Å². The van der Waals surface area contributed by atoms with E-state index >= 15 is 0 Å². The number of hydrogen-bond acceptors (Lipinski definition) is 8. The summed E-state index contributed by atoms with van der Waals surface area (Å²) in [4.78, 5) is 13.0. The molecule has 2 N–H and O–H groups in total. The van der Waals surface area contributed by atoms with Crippen LogP contribution in [-0.4, -0.2) is 42.1 Å². The van der Waals surface area contributed by atoms with Gasteiger partial charge >= 0.3 is 10.1 Å². The van der Waals surface area contributed by atoms with Gasteiger partial charge in [0.25, 0.3) is 5.91 Å². The van der Waals surface area contributed by atoms with Crippen molar-refractivity contribution in [3.63, 3.8) is 0 Å². The summed E-state index contributed by atoms with van der Waals surface area (Å²) in [7, 11) is -6.74. The molecule has 13 heteroatoms. The molecular weight excluding hydrogens is 634 g/mol. The zero-order valence-corrected chi connectivity index (χ0v) is 26.4. The third-order valence-electron chi connectivity index (χ3n) is 5.80. The molecule has 10 nitrogen and oxygen atoms in total. The van der Waals surface area contributed by atoms with E-state index in [1.165, 1.54) is 49.7 Å². The molecule has 0 saturated carbocycles. The molecule has 3 aromatic carbocycles. The van der Waals surface area contributed by atoms with Crippen molar-refractivity contribution in [2.45, 2.75) is 49.9 Å². The normalized spacial score (nSPS) is 12.9. The molecule has 1 amide bonds. The molecule has 0 radical (unpaired) electrons. The second-order valence-electron chi connectivity index (χ2n) is 9.74. The number of hydrogen-bond donors (Lipinski definition) is 2. The van der Waals surface area contributed by atoms with E-state index in [1.807, 2.05) is 27.7 Å². The zero-order valence-electron chi connectivity index (χ0n) is 23.2. The molecule has 0 heterocycles. The monoisotopic (exact) mass is 665 g/mol. The highest BCUT2D eigenvalue weighted by Crippen LogP contribution is 2.38. The van der Waals surface area contributed by atoms with Crippen molar-refractivity contribution in [3.05, 3.63) is 81.8 Å². The number of halogens is 1. The molecule has 0 spiro atoms. The van der Waals surface area contributed by atoms with Gasteiger partial charge in [0.05, 0.1) is 22.7 Å². The van der Waals surface area contributed by atoms with Crippen LogP contribution >= 0.6 is 15.9 Å². The highest BCUT2D eigenvalue weighted by molar-refractivity contribution is 9.10. The van der Waals surface area contributed by atoms with E-state index in [2.05, 4.69) is 31.2 Å². The maximum absolute atomic E-state index is 12.9. The lowest BCUT2D eigenvalue weighted by Gasteiger charge is -2.19. The van der Waals surface area contributed by atoms with E-state index in [9.17, 15) is 21.6 Å². The number of carbonyl (C=O) groups excluding carboxylic acids is 1. The minimum Gasteiger partial charge on any atom is -0.493 e. The van der Waals surface area contributed by atoms with Gasteiger partial charge in [-0.15, -0.1) is 0 Å². The molecule has 0 fully saturated rings. The maximum atomic E-state index is 12.9. The standard InChI is InChI=1S/C28H32BrN3O7S2/c1-18(2)14-25(32-40(34,35)22-10-6-19(3)7-11-22)28(33)31-30-17-21-15-24(29)27(26(16-21)38-5)39-41(36,37)23-12-8-20(4)9-13-23/h6-13,15-18,25,32H,14H2,1-5H3,(H,31,33)/b30-17-/t25-/m0/s1. The third-order valence-corrected chi connectivity index (χ3v) is 9.11. The van der Waals surface area contributed by atoms with Crippen LogP contribution in [0.25, 0.3) is 0 Å². The number of hydrazone groups is 1. The quantitative estimate of drug-likeness (QED) is 0.163. The van der Waals surface area contributed by atoms with Gasteiger partial charge in [0.1, 0.15) is 10.9 Å². The van der Waals surface area contributed by atoms with Crippen LogP contribution in [0.2, 0.25) is 0 Å². The summed E-state index contributed by atoms with van der Waals surface area (Å²) in [5, 5.41) is 3.97. The van der Waals surface area contributed by atoms with E-state index in [-0.39, 0.29) is 38.1 Å². The van der Waals surface area contributed by atoms with Gasteiger partial charge in [-0.2, -0.15) is 18.2 Å². The number of carbonyl (C=O) groups is 1. The Morgan fingerprint density at radius 3 is 2.05 bits per heavy atom. The van der Waals surface area contributed by atoms with Crippen LogP contribution in [-0.2, 0) is 24.9 Å². The first-order chi connectivity index (χ1) is 19.2. The van der Waals surface area contributed by atoms with Crippen LogP contribution in [0.4, 0.5) is 0 Å². The number of methoxy groups -OCH3 is 1. The van der Waals surface area contributed by atoms with Crippen molar-refractivity contribution in [2.75, 3.05) is 7.11 Å². The molecule has 0 aliphatic rings. The molecule has 1 atom stereocenters. The number of rotatable bonds is 12. The highest BCUT2D eigenvalue weighted by atomic mass is 79.9. The van der Waals surface area contributed by atoms with Crippen LogP contribution in [0.3, 0.4) is 0 Å². The van der Waals surface area contributed by atoms with Crippen LogP contribution in [0.5, 0.6) is 11.5 Å². The number of amides is 1. The number of aryl methyl sites for hydroxylation is 2. The predicted octanol–water partition coefficient (Wildman–Crippen LogP) is 4.69. The van der Waals surface area contributed by atoms with Gasteiger partial charge in [0, 0.05) is 0 Å². The summed E-state index contributed by atoms with van der Waals surface area (Å²) in [6, 6.07) is 14.5. The van der Waals surface area contributed by atoms with E-state index in [0.29, 0.717) is 5.56 Å². The topological polar surface area (TPSA) is 140 Å². The lowest BCUT2D eigenvalue weighted by molar-refractivity contribution is -0.123. The molecule has 3 rings (SSSR count). The average molecular weight is 667 g/mol. The van der Waals surface area contributed by atoms with Crippen molar-refractivity contribution in [1.82, 2.24) is 10.1 Å². The molecule has 41 heavy (non-hydrogen) atoms. The van der Waals surface area contributed by atoms with Crippen LogP contribution in [0.1, 0.15) is 37.0 Å². The summed E-state index contributed by atoms with van der Waals surface area (Å²) in [5.41, 5.74) is 4.62. The Kier molecular flexibility index (Phi) is 10.7. The van der Waals surface area contributed by atoms with Crippen LogP contribution in [0, 0.1) is 19.8 Å². The number of ether oxygens (including phenoxy) is 1. The fraction of sp³-hybridized carbons (Fsp3) is 0.286. The van der Waals surface area contributed by atoms with Gasteiger partial charge < -0.3 is 8.92 Å². The number of nitrogens with zero attached hydrogens (tertiary/aromatic N) is 1. The maximum Gasteiger partial charge on any atom is 0.339 e. The molecule has 3 aromatic rings. The summed E-state index contributed by atoms with van der Waals surface area (Å²) in [5.74, 6) is -0.580. The second kappa shape index (κ2) is 13.6. The van der Waals surface area contributed by atoms with Crippen molar-refractivity contribution in [3.8, 4) is 11.5 Å². The van der Waals surface area contributed by atoms with Crippen LogP contribution < -0.4 is 19.1 Å². The smallest absolute Gasteiger partial charge is 0.339 e.